The number of rotatable bonds is 5. The molecule has 4 heteroatoms. The largest absolute Gasteiger partial charge is 0.493 e. The second kappa shape index (κ2) is 5.85. The van der Waals surface area contributed by atoms with E-state index >= 15 is 0 Å². The summed E-state index contributed by atoms with van der Waals surface area (Å²) in [6.07, 6.45) is -0.538. The second-order valence-electron chi connectivity index (χ2n) is 4.71. The van der Waals surface area contributed by atoms with Crippen LogP contribution in [0, 0.1) is 11.3 Å². The van der Waals surface area contributed by atoms with E-state index < -0.39 is 14.4 Å². The molecule has 0 aromatic heterocycles. The number of nitrogens with zero attached hydrogens (tertiary/aromatic N) is 1. The molecule has 1 rings (SSSR count). The van der Waals surface area contributed by atoms with Crippen molar-refractivity contribution in [3.05, 3.63) is 29.8 Å². The maximum absolute atomic E-state index is 9.23. The Morgan fingerprint density at radius 2 is 1.94 bits per heavy atom. The van der Waals surface area contributed by atoms with Crippen LogP contribution in [0.1, 0.15) is 18.6 Å². The molecular weight excluding hydrogens is 230 g/mol. The number of nitriles is 1. The third kappa shape index (κ3) is 4.21. The molecule has 3 nitrogen and oxygen atoms in total. The van der Waals surface area contributed by atoms with Gasteiger partial charge in [-0.15, -0.1) is 0 Å². The van der Waals surface area contributed by atoms with Crippen molar-refractivity contribution in [2.24, 2.45) is 0 Å². The van der Waals surface area contributed by atoms with Gasteiger partial charge < -0.3 is 9.16 Å². The summed E-state index contributed by atoms with van der Waals surface area (Å²) >= 11 is 0. The lowest BCUT2D eigenvalue weighted by Gasteiger charge is -2.23. The standard InChI is InChI=1S/C13H19NO2Si/c1-5-15-12-9-7-6-8-11(12)13(10-14)16-17(2,3)4/h6-9,13H,5H2,1-4H3/t13-/m0/s1. The minimum Gasteiger partial charge on any atom is -0.493 e. The third-order valence-electron chi connectivity index (χ3n) is 2.09. The van der Waals surface area contributed by atoms with Gasteiger partial charge in [0.2, 0.25) is 0 Å². The number of benzene rings is 1. The van der Waals surface area contributed by atoms with Crippen molar-refractivity contribution in [2.75, 3.05) is 6.61 Å². The molecule has 1 aromatic carbocycles. The van der Waals surface area contributed by atoms with Crippen molar-refractivity contribution >= 4 is 8.32 Å². The Kier molecular flexibility index (Phi) is 4.73. The maximum Gasteiger partial charge on any atom is 0.186 e. The molecule has 17 heavy (non-hydrogen) atoms. The van der Waals surface area contributed by atoms with Crippen molar-refractivity contribution in [3.63, 3.8) is 0 Å². The van der Waals surface area contributed by atoms with Gasteiger partial charge in [0.1, 0.15) is 5.75 Å². The Morgan fingerprint density at radius 3 is 2.47 bits per heavy atom. The maximum atomic E-state index is 9.23. The van der Waals surface area contributed by atoms with E-state index in [1.165, 1.54) is 0 Å². The van der Waals surface area contributed by atoms with Gasteiger partial charge in [-0.3, -0.25) is 0 Å². The van der Waals surface area contributed by atoms with Gasteiger partial charge in [0.15, 0.2) is 14.4 Å². The molecule has 0 amide bonds. The molecule has 1 atom stereocenters. The summed E-state index contributed by atoms with van der Waals surface area (Å²) in [5.41, 5.74) is 0.819. The smallest absolute Gasteiger partial charge is 0.186 e. The molecule has 0 aliphatic carbocycles. The van der Waals surface area contributed by atoms with Crippen LogP contribution >= 0.6 is 0 Å². The molecular formula is C13H19NO2Si. The molecule has 0 N–H and O–H groups in total. The molecule has 0 saturated heterocycles. The Morgan fingerprint density at radius 1 is 1.29 bits per heavy atom. The van der Waals surface area contributed by atoms with Crippen molar-refractivity contribution < 1.29 is 9.16 Å². The molecule has 0 saturated carbocycles. The van der Waals surface area contributed by atoms with E-state index in [9.17, 15) is 5.26 Å². The zero-order valence-corrected chi connectivity index (χ0v) is 11.9. The average molecular weight is 249 g/mol. The highest BCUT2D eigenvalue weighted by molar-refractivity contribution is 6.69. The van der Waals surface area contributed by atoms with E-state index in [1.54, 1.807) is 0 Å². The number of hydrogen-bond acceptors (Lipinski definition) is 3. The number of ether oxygens (including phenoxy) is 1. The first kappa shape index (κ1) is 13.8. The molecule has 0 bridgehead atoms. The van der Waals surface area contributed by atoms with Crippen LogP contribution in [0.5, 0.6) is 5.75 Å². The average Bonchev–Trinajstić information content (AvgIpc) is 2.26. The van der Waals surface area contributed by atoms with E-state index in [0.29, 0.717) is 6.61 Å². The molecule has 0 fully saturated rings. The van der Waals surface area contributed by atoms with Gasteiger partial charge in [-0.2, -0.15) is 5.26 Å². The van der Waals surface area contributed by atoms with Crippen LogP contribution in [-0.4, -0.2) is 14.9 Å². The van der Waals surface area contributed by atoms with Gasteiger partial charge in [-0.25, -0.2) is 0 Å². The molecule has 0 spiro atoms. The first-order valence-corrected chi connectivity index (χ1v) is 9.18. The van der Waals surface area contributed by atoms with Gasteiger partial charge in [0.05, 0.1) is 12.7 Å². The summed E-state index contributed by atoms with van der Waals surface area (Å²) in [4.78, 5) is 0. The van der Waals surface area contributed by atoms with Crippen molar-refractivity contribution in [3.8, 4) is 11.8 Å². The van der Waals surface area contributed by atoms with Gasteiger partial charge in [-0.1, -0.05) is 18.2 Å². The van der Waals surface area contributed by atoms with E-state index in [2.05, 4.69) is 25.7 Å². The highest BCUT2D eigenvalue weighted by Gasteiger charge is 2.24. The SMILES string of the molecule is CCOc1ccccc1[C@H](C#N)O[Si](C)(C)C. The van der Waals surface area contributed by atoms with Crippen LogP contribution in [0.2, 0.25) is 19.6 Å². The first-order valence-electron chi connectivity index (χ1n) is 5.77. The molecule has 92 valence electrons. The Bertz CT molecular complexity index is 407. The van der Waals surface area contributed by atoms with Crippen LogP contribution < -0.4 is 4.74 Å². The van der Waals surface area contributed by atoms with Gasteiger partial charge in [0.25, 0.3) is 0 Å². The summed E-state index contributed by atoms with van der Waals surface area (Å²) in [6.45, 7) is 8.72. The van der Waals surface area contributed by atoms with Crippen LogP contribution in [-0.2, 0) is 4.43 Å². The zero-order chi connectivity index (χ0) is 12.9. The fourth-order valence-corrected chi connectivity index (χ4v) is 2.38. The summed E-state index contributed by atoms with van der Waals surface area (Å²) in [5.74, 6) is 0.736. The summed E-state index contributed by atoms with van der Waals surface area (Å²) in [6, 6.07) is 9.76. The van der Waals surface area contributed by atoms with Gasteiger partial charge in [-0.05, 0) is 32.6 Å². The molecule has 0 aliphatic rings. The van der Waals surface area contributed by atoms with Gasteiger partial charge >= 0.3 is 0 Å². The minimum absolute atomic E-state index is 0.538. The summed E-state index contributed by atoms with van der Waals surface area (Å²) in [7, 11) is -1.75. The Hall–Kier alpha value is -1.31. The lowest BCUT2D eigenvalue weighted by Crippen LogP contribution is -2.27. The van der Waals surface area contributed by atoms with Crippen molar-refractivity contribution in [2.45, 2.75) is 32.7 Å². The van der Waals surface area contributed by atoms with Gasteiger partial charge in [0, 0.05) is 5.56 Å². The number of para-hydroxylation sites is 1. The molecule has 0 heterocycles. The Balaban J connectivity index is 3.00. The highest BCUT2D eigenvalue weighted by atomic mass is 28.4. The van der Waals surface area contributed by atoms with E-state index in [0.717, 1.165) is 11.3 Å². The highest BCUT2D eigenvalue weighted by Crippen LogP contribution is 2.29. The Labute approximate surface area is 104 Å². The fraction of sp³-hybridized carbons (Fsp3) is 0.462. The predicted molar refractivity (Wildman–Crippen MR) is 70.4 cm³/mol. The normalized spacial score (nSPS) is 12.9. The first-order chi connectivity index (χ1) is 7.98. The molecule has 0 aliphatic heterocycles. The summed E-state index contributed by atoms with van der Waals surface area (Å²) < 4.78 is 11.4. The lowest BCUT2D eigenvalue weighted by molar-refractivity contribution is 0.244. The van der Waals surface area contributed by atoms with Crippen LogP contribution in [0.4, 0.5) is 0 Å². The number of hydrogen-bond donors (Lipinski definition) is 0. The molecule has 0 radical (unpaired) electrons. The summed E-state index contributed by atoms with van der Waals surface area (Å²) in [5, 5.41) is 9.23. The quantitative estimate of drug-likeness (QED) is 0.750. The van der Waals surface area contributed by atoms with E-state index in [4.69, 9.17) is 9.16 Å². The van der Waals surface area contributed by atoms with E-state index in [-0.39, 0.29) is 0 Å². The van der Waals surface area contributed by atoms with E-state index in [1.807, 2.05) is 31.2 Å². The third-order valence-corrected chi connectivity index (χ3v) is 3.03. The predicted octanol–water partition coefficient (Wildman–Crippen LogP) is 3.50. The topological polar surface area (TPSA) is 42.2 Å². The second-order valence-corrected chi connectivity index (χ2v) is 9.17. The van der Waals surface area contributed by atoms with Crippen molar-refractivity contribution in [1.82, 2.24) is 0 Å². The van der Waals surface area contributed by atoms with Crippen LogP contribution in [0.3, 0.4) is 0 Å². The van der Waals surface area contributed by atoms with Crippen LogP contribution in [0.15, 0.2) is 24.3 Å². The molecule has 1 aromatic rings. The van der Waals surface area contributed by atoms with Crippen molar-refractivity contribution in [1.29, 1.82) is 5.26 Å². The fourth-order valence-electron chi connectivity index (χ4n) is 1.50. The monoisotopic (exact) mass is 249 g/mol. The lowest BCUT2D eigenvalue weighted by atomic mass is 10.1. The minimum atomic E-state index is -1.75. The molecule has 0 unspecified atom stereocenters. The van der Waals surface area contributed by atoms with Crippen LogP contribution in [0.25, 0.3) is 0 Å². The zero-order valence-electron chi connectivity index (χ0n) is 10.9.